The van der Waals surface area contributed by atoms with Gasteiger partial charge in [-0.05, 0) is 42.8 Å². The second-order valence-corrected chi connectivity index (χ2v) is 6.41. The van der Waals surface area contributed by atoms with Gasteiger partial charge >= 0.3 is 0 Å². The van der Waals surface area contributed by atoms with Gasteiger partial charge in [0.15, 0.2) is 0 Å². The number of carbonyl (C=O) groups is 1. The summed E-state index contributed by atoms with van der Waals surface area (Å²) in [6, 6.07) is 14.8. The number of nitrogens with zero attached hydrogens (tertiary/aromatic N) is 3. The van der Waals surface area contributed by atoms with Crippen LogP contribution >= 0.6 is 0 Å². The van der Waals surface area contributed by atoms with Crippen molar-refractivity contribution >= 4 is 16.9 Å². The lowest BCUT2D eigenvalue weighted by Crippen LogP contribution is -2.35. The van der Waals surface area contributed by atoms with Crippen molar-refractivity contribution in [2.75, 3.05) is 13.2 Å². The zero-order valence-electron chi connectivity index (χ0n) is 14.4. The fourth-order valence-corrected chi connectivity index (χ4v) is 3.33. The highest BCUT2D eigenvalue weighted by Gasteiger charge is 2.25. The molecule has 1 aliphatic heterocycles. The van der Waals surface area contributed by atoms with Gasteiger partial charge in [-0.1, -0.05) is 12.1 Å². The summed E-state index contributed by atoms with van der Waals surface area (Å²) in [5.41, 5.74) is 4.25. The molecule has 1 atom stereocenters. The smallest absolute Gasteiger partial charge is 0.251 e. The van der Waals surface area contributed by atoms with E-state index in [0.29, 0.717) is 30.9 Å². The molecule has 2 aromatic carbocycles. The number of ether oxygens (including phenoxy) is 1. The minimum absolute atomic E-state index is 0.00659. The maximum absolute atomic E-state index is 12.4. The highest BCUT2D eigenvalue weighted by molar-refractivity contribution is 5.94. The van der Waals surface area contributed by atoms with E-state index in [9.17, 15) is 4.79 Å². The number of hydrogen-bond acceptors (Lipinski definition) is 4. The van der Waals surface area contributed by atoms with E-state index in [1.165, 1.54) is 0 Å². The number of nitrogens with one attached hydrogen (secondary N) is 1. The predicted octanol–water partition coefficient (Wildman–Crippen LogP) is 2.72. The molecule has 0 bridgehead atoms. The SMILES string of the molecule is Cc1cccc2c1nc1n2[C@@H](CNC(=O)c2ccc(C#N)cc2)COC1. The molecule has 0 saturated heterocycles. The van der Waals surface area contributed by atoms with Crippen LogP contribution in [-0.4, -0.2) is 28.6 Å². The molecule has 1 N–H and O–H groups in total. The quantitative estimate of drug-likeness (QED) is 0.791. The van der Waals surface area contributed by atoms with Gasteiger partial charge in [0.1, 0.15) is 12.4 Å². The van der Waals surface area contributed by atoms with Gasteiger partial charge in [-0.2, -0.15) is 5.26 Å². The molecule has 1 aliphatic rings. The predicted molar refractivity (Wildman–Crippen MR) is 96.7 cm³/mol. The Kier molecular flexibility index (Phi) is 4.15. The first-order valence-electron chi connectivity index (χ1n) is 8.50. The van der Waals surface area contributed by atoms with Gasteiger partial charge in [-0.15, -0.1) is 0 Å². The Morgan fingerprint density at radius 3 is 2.92 bits per heavy atom. The fourth-order valence-electron chi connectivity index (χ4n) is 3.33. The third-order valence-electron chi connectivity index (χ3n) is 4.68. The second-order valence-electron chi connectivity index (χ2n) is 6.41. The van der Waals surface area contributed by atoms with E-state index in [1.54, 1.807) is 24.3 Å². The molecule has 1 amide bonds. The number of fused-ring (bicyclic) bond motifs is 3. The topological polar surface area (TPSA) is 79.9 Å². The molecule has 3 aromatic rings. The number of nitriles is 1. The molecule has 0 spiro atoms. The Morgan fingerprint density at radius 1 is 1.35 bits per heavy atom. The van der Waals surface area contributed by atoms with Crippen LogP contribution in [-0.2, 0) is 11.3 Å². The first kappa shape index (κ1) is 16.3. The Hall–Kier alpha value is -3.17. The normalized spacial score (nSPS) is 16.1. The number of para-hydroxylation sites is 1. The Bertz CT molecular complexity index is 1010. The monoisotopic (exact) mass is 346 g/mol. The van der Waals surface area contributed by atoms with E-state index in [4.69, 9.17) is 15.0 Å². The van der Waals surface area contributed by atoms with E-state index < -0.39 is 0 Å². The van der Waals surface area contributed by atoms with Crippen molar-refractivity contribution in [3.63, 3.8) is 0 Å². The van der Waals surface area contributed by atoms with Crippen LogP contribution in [0.3, 0.4) is 0 Å². The first-order chi connectivity index (χ1) is 12.7. The molecular formula is C20H18N4O2. The summed E-state index contributed by atoms with van der Waals surface area (Å²) < 4.78 is 7.85. The zero-order valence-corrected chi connectivity index (χ0v) is 14.4. The Morgan fingerprint density at radius 2 is 2.15 bits per heavy atom. The van der Waals surface area contributed by atoms with Crippen molar-refractivity contribution < 1.29 is 9.53 Å². The van der Waals surface area contributed by atoms with Crippen molar-refractivity contribution in [2.24, 2.45) is 0 Å². The molecule has 2 heterocycles. The summed E-state index contributed by atoms with van der Waals surface area (Å²) in [6.07, 6.45) is 0. The Labute approximate surface area is 151 Å². The molecule has 0 aliphatic carbocycles. The molecular weight excluding hydrogens is 328 g/mol. The standard InChI is InChI=1S/C20H18N4O2/c1-13-3-2-4-17-19(13)23-18-12-26-11-16(24(17)18)10-22-20(25)15-7-5-14(9-21)6-8-15/h2-8,16H,10-12H2,1H3,(H,22,25)/t16-/m0/s1. The van der Waals surface area contributed by atoms with Crippen molar-refractivity contribution in [2.45, 2.75) is 19.6 Å². The maximum Gasteiger partial charge on any atom is 0.251 e. The van der Waals surface area contributed by atoms with Crippen LogP contribution in [0.5, 0.6) is 0 Å². The van der Waals surface area contributed by atoms with Crippen LogP contribution in [0.25, 0.3) is 11.0 Å². The highest BCUT2D eigenvalue weighted by Crippen LogP contribution is 2.27. The van der Waals surface area contributed by atoms with E-state index >= 15 is 0 Å². The summed E-state index contributed by atoms with van der Waals surface area (Å²) in [7, 11) is 0. The molecule has 0 saturated carbocycles. The number of hydrogen-bond donors (Lipinski definition) is 1. The van der Waals surface area contributed by atoms with E-state index in [1.807, 2.05) is 25.1 Å². The lowest BCUT2D eigenvalue weighted by Gasteiger charge is -2.26. The van der Waals surface area contributed by atoms with Crippen LogP contribution in [0.2, 0.25) is 0 Å². The summed E-state index contributed by atoms with van der Waals surface area (Å²) >= 11 is 0. The molecule has 4 rings (SSSR count). The largest absolute Gasteiger partial charge is 0.371 e. The highest BCUT2D eigenvalue weighted by atomic mass is 16.5. The van der Waals surface area contributed by atoms with Gasteiger partial charge in [-0.3, -0.25) is 4.79 Å². The summed E-state index contributed by atoms with van der Waals surface area (Å²) in [6.45, 7) is 3.50. The van der Waals surface area contributed by atoms with Crippen molar-refractivity contribution in [3.8, 4) is 6.07 Å². The van der Waals surface area contributed by atoms with Crippen LogP contribution < -0.4 is 5.32 Å². The summed E-state index contributed by atoms with van der Waals surface area (Å²) in [4.78, 5) is 17.1. The van der Waals surface area contributed by atoms with Gasteiger partial charge in [0, 0.05) is 12.1 Å². The minimum Gasteiger partial charge on any atom is -0.371 e. The number of amides is 1. The molecule has 0 unspecified atom stereocenters. The lowest BCUT2D eigenvalue weighted by molar-refractivity contribution is 0.0553. The molecule has 0 radical (unpaired) electrons. The molecule has 6 heteroatoms. The first-order valence-corrected chi connectivity index (χ1v) is 8.50. The average molecular weight is 346 g/mol. The summed E-state index contributed by atoms with van der Waals surface area (Å²) in [5.74, 6) is 0.723. The number of rotatable bonds is 3. The third kappa shape index (κ3) is 2.83. The van der Waals surface area contributed by atoms with Crippen molar-refractivity contribution in [1.82, 2.24) is 14.9 Å². The van der Waals surface area contributed by atoms with Gasteiger partial charge in [0.2, 0.25) is 0 Å². The summed E-state index contributed by atoms with van der Waals surface area (Å²) in [5, 5.41) is 11.8. The number of aromatic nitrogens is 2. The van der Waals surface area contributed by atoms with Crippen molar-refractivity contribution in [1.29, 1.82) is 5.26 Å². The number of benzene rings is 2. The number of imidazole rings is 1. The van der Waals surface area contributed by atoms with Gasteiger partial charge < -0.3 is 14.6 Å². The minimum atomic E-state index is -0.165. The molecule has 6 nitrogen and oxygen atoms in total. The van der Waals surface area contributed by atoms with Crippen LogP contribution in [0.15, 0.2) is 42.5 Å². The number of aryl methyl sites for hydroxylation is 1. The van der Waals surface area contributed by atoms with Crippen LogP contribution in [0.1, 0.15) is 33.4 Å². The van der Waals surface area contributed by atoms with Crippen LogP contribution in [0.4, 0.5) is 0 Å². The zero-order chi connectivity index (χ0) is 18.1. The maximum atomic E-state index is 12.4. The van der Waals surface area contributed by atoms with Crippen LogP contribution in [0, 0.1) is 18.3 Å². The molecule has 1 aromatic heterocycles. The number of carbonyl (C=O) groups excluding carboxylic acids is 1. The van der Waals surface area contributed by atoms with E-state index in [-0.39, 0.29) is 11.9 Å². The van der Waals surface area contributed by atoms with E-state index in [2.05, 4.69) is 16.0 Å². The van der Waals surface area contributed by atoms with Gasteiger partial charge in [0.25, 0.3) is 5.91 Å². The van der Waals surface area contributed by atoms with E-state index in [0.717, 1.165) is 22.4 Å². The Balaban J connectivity index is 1.55. The average Bonchev–Trinajstić information content (AvgIpc) is 3.07. The second kappa shape index (κ2) is 6.62. The third-order valence-corrected chi connectivity index (χ3v) is 4.68. The molecule has 130 valence electrons. The van der Waals surface area contributed by atoms with Gasteiger partial charge in [0.05, 0.1) is 35.3 Å². The van der Waals surface area contributed by atoms with Crippen molar-refractivity contribution in [3.05, 3.63) is 65.0 Å². The molecule has 0 fully saturated rings. The fraction of sp³-hybridized carbons (Fsp3) is 0.250. The van der Waals surface area contributed by atoms with Gasteiger partial charge in [-0.25, -0.2) is 4.98 Å². The lowest BCUT2D eigenvalue weighted by atomic mass is 10.1. The molecule has 26 heavy (non-hydrogen) atoms.